The van der Waals surface area contributed by atoms with Crippen LogP contribution >= 0.6 is 23.5 Å². The van der Waals surface area contributed by atoms with Crippen molar-refractivity contribution in [2.75, 3.05) is 18.6 Å². The van der Waals surface area contributed by atoms with Crippen LogP contribution in [0.2, 0.25) is 0 Å². The van der Waals surface area contributed by atoms with Gasteiger partial charge in [-0.25, -0.2) is 14.6 Å². The molecule has 150 valence electrons. The summed E-state index contributed by atoms with van der Waals surface area (Å²) in [5.41, 5.74) is 3.83. The molecular formula is C14H16N6O6S2. The van der Waals surface area contributed by atoms with E-state index in [0.29, 0.717) is 11.3 Å². The standard InChI is InChI=1S/C14H16N6O6S2/c1-6(21)17-14(26-2)10(24)20-8(9(22)23)7(3-27-11(14)20)4-28-13-16-5-19(18-13)12(15)25/h5,11H,3-4H2,1-2H3,(H2,15,25)(H,17,21)(H,22,23). The van der Waals surface area contributed by atoms with Crippen LogP contribution < -0.4 is 11.1 Å². The minimum atomic E-state index is -1.59. The lowest BCUT2D eigenvalue weighted by Gasteiger charge is -2.55. The lowest BCUT2D eigenvalue weighted by molar-refractivity contribution is -0.192. The summed E-state index contributed by atoms with van der Waals surface area (Å²) in [6, 6.07) is -0.791. The predicted molar refractivity (Wildman–Crippen MR) is 97.0 cm³/mol. The Hall–Kier alpha value is -2.58. The summed E-state index contributed by atoms with van der Waals surface area (Å²) in [5, 5.41) is 15.5. The van der Waals surface area contributed by atoms with Gasteiger partial charge in [-0.2, -0.15) is 4.68 Å². The molecule has 3 heterocycles. The van der Waals surface area contributed by atoms with Crippen LogP contribution in [0.3, 0.4) is 0 Å². The average molecular weight is 428 g/mol. The highest BCUT2D eigenvalue weighted by atomic mass is 32.2. The molecule has 2 unspecified atom stereocenters. The number of aromatic nitrogens is 3. The number of amides is 3. The SMILES string of the molecule is COC1(NC(C)=O)C(=O)N2C(C(=O)O)=C(CSc3ncn(C(N)=O)n3)CSC21. The van der Waals surface area contributed by atoms with Gasteiger partial charge in [-0.05, 0) is 5.57 Å². The Balaban J connectivity index is 1.83. The summed E-state index contributed by atoms with van der Waals surface area (Å²) in [5.74, 6) is -1.90. The molecule has 4 N–H and O–H groups in total. The number of carboxylic acids is 1. The number of rotatable bonds is 6. The molecule has 3 rings (SSSR count). The molecule has 0 aliphatic carbocycles. The van der Waals surface area contributed by atoms with E-state index in [1.807, 2.05) is 0 Å². The highest BCUT2D eigenvalue weighted by Crippen LogP contribution is 2.47. The van der Waals surface area contributed by atoms with Gasteiger partial charge in [0, 0.05) is 25.5 Å². The monoisotopic (exact) mass is 428 g/mol. The Labute approximate surface area is 166 Å². The number of ether oxygens (including phenoxy) is 1. The van der Waals surface area contributed by atoms with Gasteiger partial charge in [0.15, 0.2) is 0 Å². The molecule has 1 aromatic heterocycles. The van der Waals surface area contributed by atoms with Crippen LogP contribution in [0, 0.1) is 0 Å². The second kappa shape index (κ2) is 7.44. The molecule has 2 aliphatic rings. The van der Waals surface area contributed by atoms with Gasteiger partial charge < -0.3 is 20.9 Å². The summed E-state index contributed by atoms with van der Waals surface area (Å²) in [6.07, 6.45) is 1.15. The highest BCUT2D eigenvalue weighted by molar-refractivity contribution is 8.01. The number of fused-ring (bicyclic) bond motifs is 1. The highest BCUT2D eigenvalue weighted by Gasteiger charge is 2.66. The molecule has 1 saturated heterocycles. The van der Waals surface area contributed by atoms with Crippen LogP contribution in [0.4, 0.5) is 4.79 Å². The third-order valence-electron chi connectivity index (χ3n) is 4.07. The molecule has 1 fully saturated rings. The molecule has 0 spiro atoms. The van der Waals surface area contributed by atoms with E-state index in [0.717, 1.165) is 27.7 Å². The number of nitrogens with two attached hydrogens (primary N) is 1. The largest absolute Gasteiger partial charge is 0.477 e. The third-order valence-corrected chi connectivity index (χ3v) is 6.38. The first-order valence-corrected chi connectivity index (χ1v) is 9.83. The van der Waals surface area contributed by atoms with Gasteiger partial charge in [-0.3, -0.25) is 14.5 Å². The number of carboxylic acid groups (broad SMARTS) is 1. The number of hydrogen-bond acceptors (Lipinski definition) is 9. The lowest BCUT2D eigenvalue weighted by Crippen LogP contribution is -2.80. The number of primary amides is 1. The average Bonchev–Trinajstić information content (AvgIpc) is 3.12. The number of methoxy groups -OCH3 is 1. The first-order chi connectivity index (χ1) is 13.2. The van der Waals surface area contributed by atoms with Crippen molar-refractivity contribution in [3.63, 3.8) is 0 Å². The van der Waals surface area contributed by atoms with Crippen molar-refractivity contribution in [3.05, 3.63) is 17.6 Å². The molecule has 0 aromatic carbocycles. The number of β-lactam (4-membered cyclic amide) rings is 1. The zero-order chi connectivity index (χ0) is 20.6. The van der Waals surface area contributed by atoms with E-state index in [9.17, 15) is 24.3 Å². The van der Waals surface area contributed by atoms with Crippen molar-refractivity contribution in [2.45, 2.75) is 23.2 Å². The Morgan fingerprint density at radius 3 is 2.79 bits per heavy atom. The fraction of sp³-hybridized carbons (Fsp3) is 0.429. The van der Waals surface area contributed by atoms with Crippen molar-refractivity contribution < 1.29 is 29.0 Å². The maximum absolute atomic E-state index is 12.7. The van der Waals surface area contributed by atoms with E-state index < -0.39 is 34.9 Å². The van der Waals surface area contributed by atoms with E-state index in [1.165, 1.54) is 25.8 Å². The fourth-order valence-electron chi connectivity index (χ4n) is 2.89. The Morgan fingerprint density at radius 2 is 2.25 bits per heavy atom. The summed E-state index contributed by atoms with van der Waals surface area (Å²) in [4.78, 5) is 52.1. The van der Waals surface area contributed by atoms with Gasteiger partial charge in [0.1, 0.15) is 17.4 Å². The number of thioether (sulfide) groups is 2. The summed E-state index contributed by atoms with van der Waals surface area (Å²) < 4.78 is 6.11. The van der Waals surface area contributed by atoms with Crippen molar-refractivity contribution in [1.29, 1.82) is 0 Å². The van der Waals surface area contributed by atoms with E-state index in [1.54, 1.807) is 0 Å². The Bertz CT molecular complexity index is 901. The van der Waals surface area contributed by atoms with Crippen LogP contribution in [0.25, 0.3) is 0 Å². The minimum Gasteiger partial charge on any atom is -0.477 e. The summed E-state index contributed by atoms with van der Waals surface area (Å²) >= 11 is 2.38. The van der Waals surface area contributed by atoms with Gasteiger partial charge in [0.2, 0.25) is 11.1 Å². The van der Waals surface area contributed by atoms with Crippen molar-refractivity contribution >= 4 is 47.3 Å². The van der Waals surface area contributed by atoms with Crippen molar-refractivity contribution in [1.82, 2.24) is 25.0 Å². The smallest absolute Gasteiger partial charge is 0.352 e. The van der Waals surface area contributed by atoms with Crippen LogP contribution in [-0.2, 0) is 19.1 Å². The van der Waals surface area contributed by atoms with Gasteiger partial charge in [-0.1, -0.05) is 11.8 Å². The zero-order valence-electron chi connectivity index (χ0n) is 14.7. The first-order valence-electron chi connectivity index (χ1n) is 7.80. The van der Waals surface area contributed by atoms with E-state index in [4.69, 9.17) is 10.5 Å². The quantitative estimate of drug-likeness (QED) is 0.291. The molecule has 1 aromatic rings. The molecule has 3 amide bonds. The molecule has 0 saturated carbocycles. The number of carbonyl (C=O) groups excluding carboxylic acids is 3. The predicted octanol–water partition coefficient (Wildman–Crippen LogP) is -0.970. The number of hydrogen-bond donors (Lipinski definition) is 3. The third kappa shape index (κ3) is 3.22. The fourth-order valence-corrected chi connectivity index (χ4v) is 5.27. The molecule has 14 heteroatoms. The second-order valence-electron chi connectivity index (χ2n) is 5.82. The van der Waals surface area contributed by atoms with Crippen LogP contribution in [0.15, 0.2) is 22.8 Å². The molecule has 12 nitrogen and oxygen atoms in total. The van der Waals surface area contributed by atoms with E-state index in [-0.39, 0.29) is 16.6 Å². The van der Waals surface area contributed by atoms with E-state index >= 15 is 0 Å². The number of nitrogens with one attached hydrogen (secondary N) is 1. The first kappa shape index (κ1) is 20.2. The van der Waals surface area contributed by atoms with Gasteiger partial charge in [0.05, 0.1) is 0 Å². The summed E-state index contributed by atoms with van der Waals surface area (Å²) in [6.45, 7) is 1.25. The van der Waals surface area contributed by atoms with Crippen LogP contribution in [-0.4, -0.2) is 78.3 Å². The van der Waals surface area contributed by atoms with Crippen molar-refractivity contribution in [2.24, 2.45) is 5.73 Å². The Kier molecular flexibility index (Phi) is 5.36. The Morgan fingerprint density at radius 1 is 1.54 bits per heavy atom. The van der Waals surface area contributed by atoms with Crippen LogP contribution in [0.1, 0.15) is 6.92 Å². The number of aliphatic carboxylic acids is 1. The van der Waals surface area contributed by atoms with Gasteiger partial charge >= 0.3 is 12.0 Å². The van der Waals surface area contributed by atoms with E-state index in [2.05, 4.69) is 15.4 Å². The molecule has 28 heavy (non-hydrogen) atoms. The van der Waals surface area contributed by atoms with Gasteiger partial charge in [0.25, 0.3) is 11.6 Å². The normalized spacial score (nSPS) is 23.9. The minimum absolute atomic E-state index is 0.159. The van der Waals surface area contributed by atoms with Crippen molar-refractivity contribution in [3.8, 4) is 0 Å². The number of nitrogens with zero attached hydrogens (tertiary/aromatic N) is 4. The number of carbonyl (C=O) groups is 4. The zero-order valence-corrected chi connectivity index (χ0v) is 16.4. The molecule has 2 atom stereocenters. The topological polar surface area (TPSA) is 170 Å². The van der Waals surface area contributed by atoms with Gasteiger partial charge in [-0.15, -0.1) is 16.9 Å². The lowest BCUT2D eigenvalue weighted by atomic mass is 9.98. The summed E-state index contributed by atoms with van der Waals surface area (Å²) in [7, 11) is 1.28. The maximum atomic E-state index is 12.7. The molecular weight excluding hydrogens is 412 g/mol. The molecule has 0 radical (unpaired) electrons. The maximum Gasteiger partial charge on any atom is 0.352 e. The van der Waals surface area contributed by atoms with Crippen LogP contribution in [0.5, 0.6) is 0 Å². The second-order valence-corrected chi connectivity index (χ2v) is 7.83. The molecule has 2 aliphatic heterocycles. The molecule has 0 bridgehead atoms.